The van der Waals surface area contributed by atoms with Crippen molar-refractivity contribution in [3.63, 3.8) is 0 Å². The molecule has 5 rings (SSSR count). The Balaban J connectivity index is 0. The Labute approximate surface area is 196 Å². The van der Waals surface area contributed by atoms with Gasteiger partial charge < -0.3 is 14.9 Å². The molecular weight excluding hydrogens is 435 g/mol. The summed E-state index contributed by atoms with van der Waals surface area (Å²) in [4.78, 5) is 0. The largest absolute Gasteiger partial charge is 0.179 e. The zero-order chi connectivity index (χ0) is 16.8. The first kappa shape index (κ1) is 29.0. The van der Waals surface area contributed by atoms with Crippen LogP contribution < -0.4 is 0 Å². The predicted octanol–water partition coefficient (Wildman–Crippen LogP) is 6.98. The third-order valence-electron chi connectivity index (χ3n) is 4.16. The summed E-state index contributed by atoms with van der Waals surface area (Å²) in [5.41, 5.74) is 5.51. The first-order chi connectivity index (χ1) is 11.9. The summed E-state index contributed by atoms with van der Waals surface area (Å²) in [5, 5.41) is 2.66. The molecule has 0 saturated heterocycles. The summed E-state index contributed by atoms with van der Waals surface area (Å²) >= 11 is 1.81. The Morgan fingerprint density at radius 1 is 0.786 bits per heavy atom. The molecule has 0 heterocycles. The molecular formula is C24H24Cl2SiTi-4. The number of rotatable bonds is 0. The van der Waals surface area contributed by atoms with Crippen LogP contribution in [0.2, 0.25) is 0 Å². The molecule has 0 bridgehead atoms. The van der Waals surface area contributed by atoms with Crippen LogP contribution in [-0.4, -0.2) is 7.63 Å². The normalized spacial score (nSPS) is 9.11. The molecule has 0 spiro atoms. The molecule has 0 nitrogen and oxygen atoms in total. The second kappa shape index (κ2) is 14.7. The second-order valence-corrected chi connectivity index (χ2v) is 5.55. The van der Waals surface area contributed by atoms with Gasteiger partial charge in [0.1, 0.15) is 0 Å². The SMILES string of the molecule is Cl.Cl.[CH3-].[CH3-].[Si]=[Ti].[c-]1cccc2c1Cc1ccccc1-2.c1ccc2[cH-]ccc2c1. The van der Waals surface area contributed by atoms with Crippen molar-refractivity contribution in [2.45, 2.75) is 6.42 Å². The van der Waals surface area contributed by atoms with Crippen LogP contribution in [0.1, 0.15) is 11.1 Å². The fourth-order valence-corrected chi connectivity index (χ4v) is 3.07. The molecule has 2 radical (unpaired) electrons. The Morgan fingerprint density at radius 2 is 1.43 bits per heavy atom. The van der Waals surface area contributed by atoms with Crippen LogP contribution in [0, 0.1) is 20.9 Å². The van der Waals surface area contributed by atoms with E-state index >= 15 is 0 Å². The van der Waals surface area contributed by atoms with Gasteiger partial charge in [0, 0.05) is 0 Å². The van der Waals surface area contributed by atoms with Crippen LogP contribution in [0.25, 0.3) is 21.9 Å². The van der Waals surface area contributed by atoms with Gasteiger partial charge in [-0.05, 0) is 6.42 Å². The van der Waals surface area contributed by atoms with Gasteiger partial charge in [-0.3, -0.25) is 0 Å². The van der Waals surface area contributed by atoms with E-state index in [2.05, 4.69) is 92.6 Å². The smallest absolute Gasteiger partial charge is 0.0253 e. The molecule has 0 saturated carbocycles. The van der Waals surface area contributed by atoms with Crippen LogP contribution >= 0.6 is 24.8 Å². The number of halogens is 2. The van der Waals surface area contributed by atoms with E-state index in [0.29, 0.717) is 0 Å². The molecule has 1 aliphatic carbocycles. The van der Waals surface area contributed by atoms with E-state index in [4.69, 9.17) is 0 Å². The maximum absolute atomic E-state index is 3.30. The minimum Gasteiger partial charge on any atom is -0.179 e. The maximum Gasteiger partial charge on any atom is -0.0253 e. The van der Waals surface area contributed by atoms with Crippen LogP contribution in [0.5, 0.6) is 0 Å². The number of hydrogen-bond acceptors (Lipinski definition) is 0. The molecule has 4 aromatic carbocycles. The van der Waals surface area contributed by atoms with Crippen molar-refractivity contribution in [1.29, 1.82) is 0 Å². The fourth-order valence-electron chi connectivity index (χ4n) is 3.07. The van der Waals surface area contributed by atoms with E-state index in [1.807, 2.05) is 6.07 Å². The summed E-state index contributed by atoms with van der Waals surface area (Å²) in [6.45, 7) is 0. The van der Waals surface area contributed by atoms with Crippen molar-refractivity contribution < 1.29 is 19.2 Å². The first-order valence-corrected chi connectivity index (χ1v) is 10.7. The minimum absolute atomic E-state index is 0. The van der Waals surface area contributed by atoms with Crippen LogP contribution in [0.15, 0.2) is 84.9 Å². The zero-order valence-electron chi connectivity index (χ0n) is 16.1. The van der Waals surface area contributed by atoms with Gasteiger partial charge in [0.25, 0.3) is 0 Å². The molecule has 4 aromatic rings. The third kappa shape index (κ3) is 6.69. The van der Waals surface area contributed by atoms with Gasteiger partial charge in [-0.1, -0.05) is 41.5 Å². The number of fused-ring (bicyclic) bond motifs is 4. The Bertz CT molecular complexity index is 876. The standard InChI is InChI=1S/C13H9.C9H7.2CH3.2ClH.Si.Ti/c1-3-7-12-10(5-1)9-11-6-2-4-8-13(11)12;1-2-5-9-7-3-6-8(9)4-1;;;;;;/h1-5,7-8H,9H2;1-7H;2*1H3;2*1H;;/q4*-1;;;;. The van der Waals surface area contributed by atoms with Crippen LogP contribution in [-0.2, 0) is 25.6 Å². The van der Waals surface area contributed by atoms with E-state index in [0.717, 1.165) is 6.42 Å². The van der Waals surface area contributed by atoms with Crippen molar-refractivity contribution in [1.82, 2.24) is 0 Å². The molecule has 28 heavy (non-hydrogen) atoms. The molecule has 0 aromatic heterocycles. The van der Waals surface area contributed by atoms with E-state index in [1.165, 1.54) is 33.0 Å². The average Bonchev–Trinajstić information content (AvgIpc) is 3.28. The summed E-state index contributed by atoms with van der Waals surface area (Å²) in [7, 11) is 2.97. The number of hydrogen-bond donors (Lipinski definition) is 0. The van der Waals surface area contributed by atoms with Crippen LogP contribution in [0.4, 0.5) is 0 Å². The monoisotopic (exact) mass is 458 g/mol. The molecule has 0 atom stereocenters. The van der Waals surface area contributed by atoms with Crippen molar-refractivity contribution >= 4 is 43.2 Å². The summed E-state index contributed by atoms with van der Waals surface area (Å²) < 4.78 is 0. The molecule has 0 aliphatic heterocycles. The van der Waals surface area contributed by atoms with Gasteiger partial charge in [0.2, 0.25) is 0 Å². The Hall–Kier alpha value is -1.22. The van der Waals surface area contributed by atoms with E-state index in [-0.39, 0.29) is 39.7 Å². The van der Waals surface area contributed by atoms with Gasteiger partial charge in [0.05, 0.1) is 0 Å². The Kier molecular flexibility index (Phi) is 15.3. The summed E-state index contributed by atoms with van der Waals surface area (Å²) in [5.74, 6) is 0. The average molecular weight is 459 g/mol. The minimum atomic E-state index is 0. The zero-order valence-corrected chi connectivity index (χ0v) is 20.3. The van der Waals surface area contributed by atoms with E-state index < -0.39 is 0 Å². The first-order valence-electron chi connectivity index (χ1n) is 7.85. The van der Waals surface area contributed by atoms with Crippen molar-refractivity contribution in [2.75, 3.05) is 0 Å². The third-order valence-corrected chi connectivity index (χ3v) is 4.16. The molecule has 0 fully saturated rings. The second-order valence-electron chi connectivity index (χ2n) is 5.55. The topological polar surface area (TPSA) is 0 Å². The molecule has 1 aliphatic rings. The van der Waals surface area contributed by atoms with Gasteiger partial charge in [-0.15, -0.1) is 60.0 Å². The molecule has 0 unspecified atom stereocenters. The van der Waals surface area contributed by atoms with Crippen LogP contribution in [0.3, 0.4) is 0 Å². The number of benzene rings is 3. The predicted molar refractivity (Wildman–Crippen MR) is 126 cm³/mol. The van der Waals surface area contributed by atoms with Gasteiger partial charge in [-0.25, -0.2) is 0 Å². The molecule has 146 valence electrons. The quantitative estimate of drug-likeness (QED) is 0.173. The van der Waals surface area contributed by atoms with E-state index in [1.54, 1.807) is 19.2 Å². The van der Waals surface area contributed by atoms with Gasteiger partial charge in [-0.2, -0.15) is 47.3 Å². The van der Waals surface area contributed by atoms with E-state index in [9.17, 15) is 0 Å². The summed E-state index contributed by atoms with van der Waals surface area (Å²) in [6.07, 6.45) is 1.05. The Morgan fingerprint density at radius 3 is 2.18 bits per heavy atom. The van der Waals surface area contributed by atoms with Gasteiger partial charge >= 0.3 is 26.8 Å². The molecule has 4 heteroatoms. The molecule has 0 amide bonds. The fraction of sp³-hybridized carbons (Fsp3) is 0.0417. The maximum atomic E-state index is 3.30. The van der Waals surface area contributed by atoms with Crippen molar-refractivity contribution in [3.8, 4) is 11.1 Å². The summed E-state index contributed by atoms with van der Waals surface area (Å²) in [6, 6.07) is 32.8. The van der Waals surface area contributed by atoms with Gasteiger partial charge in [0.15, 0.2) is 0 Å². The van der Waals surface area contributed by atoms with Crippen molar-refractivity contribution in [3.05, 3.63) is 117 Å². The molecule has 0 N–H and O–H groups in total. The van der Waals surface area contributed by atoms with Crippen molar-refractivity contribution in [2.24, 2.45) is 0 Å².